The van der Waals surface area contributed by atoms with E-state index in [1.54, 1.807) is 12.1 Å². The summed E-state index contributed by atoms with van der Waals surface area (Å²) < 4.78 is 0. The van der Waals surface area contributed by atoms with E-state index in [2.05, 4.69) is 11.9 Å². The molecule has 4 rings (SSSR count). The van der Waals surface area contributed by atoms with Crippen LogP contribution < -0.4 is 11.1 Å². The van der Waals surface area contributed by atoms with Gasteiger partial charge in [0.25, 0.3) is 5.91 Å². The smallest absolute Gasteiger partial charge is 0.352 e. The largest absolute Gasteiger partial charge is 0.477 e. The van der Waals surface area contributed by atoms with Crippen LogP contribution in [0.1, 0.15) is 16.8 Å². The zero-order valence-electron chi connectivity index (χ0n) is 14.8. The summed E-state index contributed by atoms with van der Waals surface area (Å²) in [4.78, 5) is 50.8. The lowest BCUT2D eigenvalue weighted by atomic mass is 9.79. The van der Waals surface area contributed by atoms with E-state index in [0.29, 0.717) is 29.8 Å². The van der Waals surface area contributed by atoms with Gasteiger partial charge in [-0.25, -0.2) is 9.59 Å². The first-order valence-electron chi connectivity index (χ1n) is 8.73. The van der Waals surface area contributed by atoms with E-state index in [0.717, 1.165) is 0 Å². The molecular weight excluding hydrogens is 364 g/mol. The summed E-state index contributed by atoms with van der Waals surface area (Å²) in [5.41, 5.74) is 6.44. The Balaban J connectivity index is 1.53. The molecule has 9 nitrogen and oxygen atoms in total. The highest BCUT2D eigenvalue weighted by molar-refractivity contribution is 6.04. The maximum atomic E-state index is 12.7. The number of nitrogens with zero attached hydrogens (tertiary/aromatic N) is 2. The molecule has 0 aliphatic carbocycles. The van der Waals surface area contributed by atoms with Crippen molar-refractivity contribution in [2.75, 3.05) is 11.9 Å². The lowest BCUT2D eigenvalue weighted by Gasteiger charge is -2.49. The number of carbonyl (C=O) groups excluding carboxylic acids is 3. The average molecular weight is 382 g/mol. The summed E-state index contributed by atoms with van der Waals surface area (Å²) in [5, 5.41) is 12.2. The molecule has 0 saturated carbocycles. The third-order valence-corrected chi connectivity index (χ3v) is 5.52. The van der Waals surface area contributed by atoms with E-state index in [9.17, 15) is 24.3 Å². The number of carboxylic acids is 1. The lowest BCUT2D eigenvalue weighted by molar-refractivity contribution is -0.155. The summed E-state index contributed by atoms with van der Waals surface area (Å²) in [6, 6.07) is 4.65. The van der Waals surface area contributed by atoms with Crippen LogP contribution in [0, 0.1) is 5.92 Å². The van der Waals surface area contributed by atoms with Crippen LogP contribution in [0.15, 0.2) is 48.2 Å². The summed E-state index contributed by atoms with van der Waals surface area (Å²) in [6.07, 6.45) is 1.91. The van der Waals surface area contributed by atoms with Crippen molar-refractivity contribution in [2.24, 2.45) is 11.7 Å². The minimum Gasteiger partial charge on any atom is -0.477 e. The van der Waals surface area contributed by atoms with Crippen molar-refractivity contribution in [1.29, 1.82) is 0 Å². The number of hydrogen-bond donors (Lipinski definition) is 3. The maximum absolute atomic E-state index is 12.7. The van der Waals surface area contributed by atoms with Crippen LogP contribution in [0.4, 0.5) is 10.5 Å². The molecule has 2 fully saturated rings. The van der Waals surface area contributed by atoms with Gasteiger partial charge in [0.15, 0.2) is 0 Å². The van der Waals surface area contributed by atoms with Crippen LogP contribution in [-0.4, -0.2) is 57.3 Å². The van der Waals surface area contributed by atoms with Crippen LogP contribution in [-0.2, 0) is 9.59 Å². The van der Waals surface area contributed by atoms with Crippen molar-refractivity contribution in [1.82, 2.24) is 9.80 Å². The van der Waals surface area contributed by atoms with E-state index in [1.807, 2.05) is 0 Å². The van der Waals surface area contributed by atoms with Gasteiger partial charge >= 0.3 is 12.0 Å². The number of rotatable bonds is 4. The van der Waals surface area contributed by atoms with Gasteiger partial charge in [0.05, 0.1) is 6.04 Å². The Bertz CT molecular complexity index is 952. The predicted octanol–water partition coefficient (Wildman–Crippen LogP) is 0.757. The van der Waals surface area contributed by atoms with Crippen LogP contribution in [0.3, 0.4) is 0 Å². The quantitative estimate of drug-likeness (QED) is 0.661. The van der Waals surface area contributed by atoms with Crippen LogP contribution in [0.25, 0.3) is 0 Å². The van der Waals surface area contributed by atoms with E-state index in [4.69, 9.17) is 5.73 Å². The Morgan fingerprint density at radius 2 is 1.93 bits per heavy atom. The molecule has 144 valence electrons. The van der Waals surface area contributed by atoms with Crippen molar-refractivity contribution >= 4 is 29.5 Å². The maximum Gasteiger partial charge on any atom is 0.352 e. The highest BCUT2D eigenvalue weighted by Crippen LogP contribution is 2.47. The van der Waals surface area contributed by atoms with E-state index in [-0.39, 0.29) is 17.7 Å². The third-order valence-electron chi connectivity index (χ3n) is 5.52. The molecule has 28 heavy (non-hydrogen) atoms. The number of likely N-dealkylation sites (tertiary alicyclic amines) is 1. The number of amides is 4. The summed E-state index contributed by atoms with van der Waals surface area (Å²) in [7, 11) is 0. The van der Waals surface area contributed by atoms with Crippen molar-refractivity contribution in [2.45, 2.75) is 18.5 Å². The number of urea groups is 1. The Morgan fingerprint density at radius 1 is 1.25 bits per heavy atom. The third kappa shape index (κ3) is 2.47. The van der Waals surface area contributed by atoms with Crippen molar-refractivity contribution in [3.63, 3.8) is 0 Å². The van der Waals surface area contributed by atoms with Crippen molar-refractivity contribution < 1.29 is 24.3 Å². The van der Waals surface area contributed by atoms with Gasteiger partial charge in [-0.15, -0.1) is 0 Å². The van der Waals surface area contributed by atoms with Gasteiger partial charge < -0.3 is 21.1 Å². The second-order valence-electron chi connectivity index (χ2n) is 7.02. The molecule has 2 saturated heterocycles. The molecule has 1 aromatic carbocycles. The number of benzene rings is 1. The first-order chi connectivity index (χ1) is 13.3. The van der Waals surface area contributed by atoms with E-state index in [1.165, 1.54) is 28.0 Å². The number of β-lactam (4-membered cyclic amide) rings is 1. The number of hydrogen-bond acceptors (Lipinski definition) is 4. The molecule has 4 N–H and O–H groups in total. The first kappa shape index (κ1) is 17.8. The SMILES string of the molecule is C=CC1=C(C(=O)O)N2C(=O)[C@@H]3[C@H]2[C@H](C1)CN3C(=O)Nc1ccc(C(N)=O)cc1. The van der Waals surface area contributed by atoms with Gasteiger partial charge in [-0.05, 0) is 36.3 Å². The first-order valence-corrected chi connectivity index (χ1v) is 8.73. The standard InChI is InChI=1S/C19H18N4O5/c1-2-9-7-11-8-22(15-13(11)23(17(15)25)14(9)18(26)27)19(28)21-12-5-3-10(4-6-12)16(20)24/h2-6,11,13,15H,1,7-8H2,(H2,20,24)(H,21,28)(H,26,27)/t11-,13-,15+/m1/s1. The second-order valence-corrected chi connectivity index (χ2v) is 7.02. The fraction of sp³-hybridized carbons (Fsp3) is 0.263. The zero-order valence-corrected chi connectivity index (χ0v) is 14.8. The minimum atomic E-state index is -1.17. The summed E-state index contributed by atoms with van der Waals surface area (Å²) >= 11 is 0. The molecule has 0 radical (unpaired) electrons. The lowest BCUT2D eigenvalue weighted by Crippen LogP contribution is -2.69. The molecule has 3 aliphatic rings. The fourth-order valence-electron chi connectivity index (χ4n) is 4.28. The fourth-order valence-corrected chi connectivity index (χ4v) is 4.28. The Labute approximate surface area is 160 Å². The molecule has 3 atom stereocenters. The number of nitrogens with one attached hydrogen (secondary N) is 1. The predicted molar refractivity (Wildman–Crippen MR) is 98.1 cm³/mol. The Morgan fingerprint density at radius 3 is 2.50 bits per heavy atom. The van der Waals surface area contributed by atoms with E-state index < -0.39 is 29.9 Å². The Kier molecular flexibility index (Phi) is 3.95. The number of carboxylic acid groups (broad SMARTS) is 1. The zero-order chi connectivity index (χ0) is 20.2. The van der Waals surface area contributed by atoms with Crippen molar-refractivity contribution in [3.8, 4) is 0 Å². The summed E-state index contributed by atoms with van der Waals surface area (Å²) in [6.45, 7) is 3.99. The number of primary amides is 1. The highest BCUT2D eigenvalue weighted by atomic mass is 16.4. The highest BCUT2D eigenvalue weighted by Gasteiger charge is 2.63. The van der Waals surface area contributed by atoms with Crippen LogP contribution in [0.2, 0.25) is 0 Å². The van der Waals surface area contributed by atoms with E-state index >= 15 is 0 Å². The van der Waals surface area contributed by atoms with Gasteiger partial charge in [-0.2, -0.15) is 0 Å². The molecule has 3 aliphatic heterocycles. The van der Waals surface area contributed by atoms with Gasteiger partial charge in [0.1, 0.15) is 11.7 Å². The molecule has 9 heteroatoms. The molecule has 0 spiro atoms. The number of aliphatic carboxylic acids is 1. The van der Waals surface area contributed by atoms with Gasteiger partial charge in [-0.1, -0.05) is 12.7 Å². The molecule has 0 unspecified atom stereocenters. The molecule has 4 amide bonds. The number of carbonyl (C=O) groups is 4. The summed E-state index contributed by atoms with van der Waals surface area (Å²) in [5.74, 6) is -2.18. The average Bonchev–Trinajstić information content (AvgIpc) is 3.03. The molecule has 0 aromatic heterocycles. The number of allylic oxidation sites excluding steroid dienone is 2. The van der Waals surface area contributed by atoms with Gasteiger partial charge in [0, 0.05) is 23.7 Å². The van der Waals surface area contributed by atoms with Crippen LogP contribution in [0.5, 0.6) is 0 Å². The molecule has 1 aromatic rings. The number of nitrogens with two attached hydrogens (primary N) is 1. The van der Waals surface area contributed by atoms with Crippen LogP contribution >= 0.6 is 0 Å². The van der Waals surface area contributed by atoms with Gasteiger partial charge in [0.2, 0.25) is 5.91 Å². The van der Waals surface area contributed by atoms with Crippen molar-refractivity contribution in [3.05, 3.63) is 53.8 Å². The minimum absolute atomic E-state index is 0.0400. The normalized spacial score (nSPS) is 25.1. The monoisotopic (exact) mass is 382 g/mol. The van der Waals surface area contributed by atoms with Gasteiger partial charge in [-0.3, -0.25) is 14.5 Å². The Hall–Kier alpha value is -3.62. The second kappa shape index (κ2) is 6.22. The molecule has 3 heterocycles. The molecular formula is C19H18N4O5. The number of anilines is 1. The topological polar surface area (TPSA) is 133 Å². The molecule has 0 bridgehead atoms.